The van der Waals surface area contributed by atoms with E-state index < -0.39 is 47.3 Å². The largest absolute Gasteiger partial charge is 0.481 e. The molecule has 0 spiro atoms. The summed E-state index contributed by atoms with van der Waals surface area (Å²) in [4.78, 5) is 40.2. The summed E-state index contributed by atoms with van der Waals surface area (Å²) < 4.78 is 30.1. The maximum atomic E-state index is 15.0. The lowest BCUT2D eigenvalue weighted by Crippen LogP contribution is -2.56. The van der Waals surface area contributed by atoms with E-state index in [1.165, 1.54) is 28.1 Å². The highest BCUT2D eigenvalue weighted by Crippen LogP contribution is 2.36. The van der Waals surface area contributed by atoms with E-state index in [2.05, 4.69) is 20.8 Å². The van der Waals surface area contributed by atoms with Crippen LogP contribution in [0, 0.1) is 17.6 Å². The van der Waals surface area contributed by atoms with Crippen molar-refractivity contribution in [2.75, 3.05) is 6.54 Å². The topological polar surface area (TPSA) is 130 Å². The number of nitrogens with one attached hydrogen (secondary N) is 1. The zero-order valence-corrected chi connectivity index (χ0v) is 23.3. The van der Waals surface area contributed by atoms with Crippen LogP contribution in [-0.4, -0.2) is 66.6 Å². The van der Waals surface area contributed by atoms with Gasteiger partial charge in [0.25, 0.3) is 0 Å². The summed E-state index contributed by atoms with van der Waals surface area (Å²) in [5.74, 6) is -4.48. The standard InChI is InChI=1S/C29H29ClF2N6O4/c30-19-6-11-25(38-16-33-35-36-38)18(14-19)5-12-26(39)37-13-1-2-23(22-10-7-20(31)15-24(22)32)27(37)28(40)34-21-8-3-17(4-9-21)29(41)42/h5-7,10-12,14-17,21,23,27H,1-4,8-9,13H2,(H,34,40)(H,41,42). The van der Waals surface area contributed by atoms with Gasteiger partial charge in [-0.3, -0.25) is 14.4 Å². The zero-order valence-electron chi connectivity index (χ0n) is 22.5. The van der Waals surface area contributed by atoms with Crippen LogP contribution < -0.4 is 5.32 Å². The molecular weight excluding hydrogens is 570 g/mol. The number of carbonyl (C=O) groups is 3. The summed E-state index contributed by atoms with van der Waals surface area (Å²) in [5, 5.41) is 23.9. The van der Waals surface area contributed by atoms with Crippen molar-refractivity contribution in [2.24, 2.45) is 5.92 Å². The van der Waals surface area contributed by atoms with E-state index in [-0.39, 0.29) is 18.2 Å². The number of benzene rings is 2. The van der Waals surface area contributed by atoms with Gasteiger partial charge in [0.05, 0.1) is 11.6 Å². The lowest BCUT2D eigenvalue weighted by Gasteiger charge is -2.41. The molecule has 2 amide bonds. The first-order valence-electron chi connectivity index (χ1n) is 13.7. The number of nitrogens with zero attached hydrogens (tertiary/aromatic N) is 5. The lowest BCUT2D eigenvalue weighted by molar-refractivity contribution is -0.143. The van der Waals surface area contributed by atoms with Crippen molar-refractivity contribution in [3.8, 4) is 5.69 Å². The predicted octanol–water partition coefficient (Wildman–Crippen LogP) is 4.14. The van der Waals surface area contributed by atoms with Crippen LogP contribution in [0.2, 0.25) is 5.02 Å². The summed E-state index contributed by atoms with van der Waals surface area (Å²) in [6, 6.07) is 6.91. The van der Waals surface area contributed by atoms with Crippen molar-refractivity contribution in [1.29, 1.82) is 0 Å². The normalized spacial score (nSPS) is 22.7. The van der Waals surface area contributed by atoms with Gasteiger partial charge in [0.2, 0.25) is 11.8 Å². The number of tetrazole rings is 1. The minimum atomic E-state index is -1.06. The second-order valence-corrected chi connectivity index (χ2v) is 11.0. The van der Waals surface area contributed by atoms with Gasteiger partial charge in [-0.15, -0.1) is 5.10 Å². The van der Waals surface area contributed by atoms with Crippen molar-refractivity contribution in [1.82, 2.24) is 30.4 Å². The Morgan fingerprint density at radius 2 is 1.83 bits per heavy atom. The summed E-state index contributed by atoms with van der Waals surface area (Å²) in [7, 11) is 0. The Labute approximate surface area is 245 Å². The van der Waals surface area contributed by atoms with E-state index in [1.807, 2.05) is 0 Å². The molecule has 2 fully saturated rings. The molecule has 3 aromatic rings. The fourth-order valence-electron chi connectivity index (χ4n) is 5.86. The van der Waals surface area contributed by atoms with E-state index in [4.69, 9.17) is 11.6 Å². The van der Waals surface area contributed by atoms with E-state index in [1.54, 1.807) is 24.3 Å². The van der Waals surface area contributed by atoms with Gasteiger partial charge in [-0.05, 0) is 84.9 Å². The highest BCUT2D eigenvalue weighted by molar-refractivity contribution is 6.30. The SMILES string of the molecule is O=C(O)C1CCC(NC(=O)C2C(c3ccc(F)cc3F)CCCN2C(=O)C=Cc2cc(Cl)ccc2-n2cnnn2)CC1. The fraction of sp³-hybridized carbons (Fsp3) is 0.379. The molecule has 220 valence electrons. The number of carboxylic acids is 1. The van der Waals surface area contributed by atoms with Crippen LogP contribution in [0.5, 0.6) is 0 Å². The summed E-state index contributed by atoms with van der Waals surface area (Å²) in [6.45, 7) is 0.252. The van der Waals surface area contributed by atoms with Crippen LogP contribution in [0.3, 0.4) is 0 Å². The molecule has 2 N–H and O–H groups in total. The molecule has 0 bridgehead atoms. The Kier molecular flexibility index (Phi) is 8.91. The van der Waals surface area contributed by atoms with Crippen LogP contribution in [0.4, 0.5) is 8.78 Å². The van der Waals surface area contributed by atoms with Crippen molar-refractivity contribution in [3.05, 3.63) is 76.6 Å². The molecule has 2 unspecified atom stereocenters. The Morgan fingerprint density at radius 3 is 2.52 bits per heavy atom. The Morgan fingerprint density at radius 1 is 1.05 bits per heavy atom. The molecule has 1 aliphatic heterocycles. The number of halogens is 3. The number of hydrogen-bond acceptors (Lipinski definition) is 6. The number of hydrogen-bond donors (Lipinski definition) is 2. The first-order chi connectivity index (χ1) is 20.2. The van der Waals surface area contributed by atoms with E-state index in [0.717, 1.165) is 12.1 Å². The van der Waals surface area contributed by atoms with Crippen molar-refractivity contribution >= 4 is 35.5 Å². The number of rotatable bonds is 7. The monoisotopic (exact) mass is 598 g/mol. The molecular formula is C29H29ClF2N6O4. The van der Waals surface area contributed by atoms with Gasteiger partial charge in [-0.1, -0.05) is 17.7 Å². The van der Waals surface area contributed by atoms with Gasteiger partial charge in [0.15, 0.2) is 0 Å². The molecule has 2 aromatic carbocycles. The zero-order chi connectivity index (χ0) is 29.8. The van der Waals surface area contributed by atoms with Gasteiger partial charge >= 0.3 is 5.97 Å². The van der Waals surface area contributed by atoms with Crippen molar-refractivity contribution < 1.29 is 28.3 Å². The van der Waals surface area contributed by atoms with E-state index in [9.17, 15) is 28.3 Å². The third kappa shape index (κ3) is 6.48. The molecule has 2 aliphatic rings. The molecule has 1 saturated carbocycles. The molecule has 0 radical (unpaired) electrons. The average Bonchev–Trinajstić information content (AvgIpc) is 3.51. The number of likely N-dealkylation sites (tertiary alicyclic amines) is 1. The molecule has 5 rings (SSSR count). The minimum Gasteiger partial charge on any atom is -0.481 e. The Bertz CT molecular complexity index is 1490. The van der Waals surface area contributed by atoms with Gasteiger partial charge in [0.1, 0.15) is 24.0 Å². The third-order valence-corrected chi connectivity index (χ3v) is 8.19. The summed E-state index contributed by atoms with van der Waals surface area (Å²) in [5.41, 5.74) is 1.28. The molecule has 10 nitrogen and oxygen atoms in total. The number of aliphatic carboxylic acids is 1. The van der Waals surface area contributed by atoms with Gasteiger partial charge in [-0.2, -0.15) is 4.68 Å². The quantitative estimate of drug-likeness (QED) is 0.391. The molecule has 42 heavy (non-hydrogen) atoms. The first kappa shape index (κ1) is 29.3. The molecule has 2 heterocycles. The second-order valence-electron chi connectivity index (χ2n) is 10.6. The van der Waals surface area contributed by atoms with Crippen LogP contribution in [0.25, 0.3) is 11.8 Å². The third-order valence-electron chi connectivity index (χ3n) is 7.96. The maximum Gasteiger partial charge on any atom is 0.306 e. The summed E-state index contributed by atoms with van der Waals surface area (Å²) >= 11 is 6.20. The highest BCUT2D eigenvalue weighted by atomic mass is 35.5. The molecule has 1 saturated heterocycles. The number of carboxylic acid groups (broad SMARTS) is 1. The lowest BCUT2D eigenvalue weighted by atomic mass is 9.81. The van der Waals surface area contributed by atoms with Crippen molar-refractivity contribution in [2.45, 2.75) is 56.5 Å². The molecule has 1 aliphatic carbocycles. The molecule has 1 aromatic heterocycles. The van der Waals surface area contributed by atoms with Crippen LogP contribution in [-0.2, 0) is 14.4 Å². The van der Waals surface area contributed by atoms with E-state index in [0.29, 0.717) is 54.8 Å². The number of amides is 2. The van der Waals surface area contributed by atoms with Crippen LogP contribution in [0.15, 0.2) is 48.8 Å². The van der Waals surface area contributed by atoms with Gasteiger partial charge in [-0.25, -0.2) is 8.78 Å². The Balaban J connectivity index is 1.42. The van der Waals surface area contributed by atoms with Crippen LogP contribution >= 0.6 is 11.6 Å². The number of aromatic nitrogens is 4. The molecule has 2 atom stereocenters. The first-order valence-corrected chi connectivity index (χ1v) is 14.1. The van der Waals surface area contributed by atoms with Gasteiger partial charge < -0.3 is 15.3 Å². The average molecular weight is 599 g/mol. The number of carbonyl (C=O) groups excluding carboxylic acids is 2. The van der Waals surface area contributed by atoms with Crippen molar-refractivity contribution in [3.63, 3.8) is 0 Å². The smallest absolute Gasteiger partial charge is 0.306 e. The highest BCUT2D eigenvalue weighted by Gasteiger charge is 2.41. The van der Waals surface area contributed by atoms with E-state index >= 15 is 0 Å². The minimum absolute atomic E-state index is 0.156. The van der Waals surface area contributed by atoms with Gasteiger partial charge in [0, 0.05) is 41.2 Å². The second kappa shape index (κ2) is 12.8. The number of piperidine rings is 1. The van der Waals surface area contributed by atoms with Crippen LogP contribution in [0.1, 0.15) is 55.6 Å². The molecule has 13 heteroatoms. The Hall–Kier alpha value is -4.19. The predicted molar refractivity (Wildman–Crippen MR) is 149 cm³/mol. The maximum absolute atomic E-state index is 15.0. The fourth-order valence-corrected chi connectivity index (χ4v) is 6.04. The summed E-state index contributed by atoms with van der Waals surface area (Å²) in [6.07, 6.45) is 7.00.